The number of rotatable bonds is 32. The standard InChI is InChI=1S/C37H64N7O18P3S/c1-4-5-6-7-8-9-10-11-12-13-14-15-25(45)20-28(47)66-19-18-39-27(46)16-17-40-35(50)32(49)37(2,3)22-59-65(56,57)62-64(54,55)58-21-26-31(61-63(51,52)53)30(48)36(60-26)44-24-43-29-33(38)41-23-42-34(29)44/h9-10,23-26,30-32,36,45,48-49H,4-8,11-22H2,1-3H3,(H,39,46)(H,40,50)(H,54,55)(H,56,57)(H2,38,41,42)(H2,51,52,53)/b10-9-/t25-,26+,30-,31-,32?,36+/m0/s1. The fraction of sp³-hybridized carbons (Fsp3) is 0.730. The summed E-state index contributed by atoms with van der Waals surface area (Å²) in [5.74, 6) is -1.23. The largest absolute Gasteiger partial charge is 0.481 e. The first-order chi connectivity index (χ1) is 30.9. The normalized spacial score (nSPS) is 20.8. The lowest BCUT2D eigenvalue weighted by Crippen LogP contribution is -2.46. The molecule has 3 rings (SSSR count). The van der Waals surface area contributed by atoms with Crippen molar-refractivity contribution in [1.29, 1.82) is 0 Å². The van der Waals surface area contributed by atoms with Gasteiger partial charge in [0.15, 0.2) is 22.8 Å². The number of aliphatic hydroxyl groups is 3. The molecule has 11 N–H and O–H groups in total. The lowest BCUT2D eigenvalue weighted by atomic mass is 9.87. The van der Waals surface area contributed by atoms with Gasteiger partial charge in [-0.25, -0.2) is 28.6 Å². The van der Waals surface area contributed by atoms with Crippen molar-refractivity contribution in [2.24, 2.45) is 5.41 Å². The predicted octanol–water partition coefficient (Wildman–Crippen LogP) is 2.89. The zero-order valence-electron chi connectivity index (χ0n) is 37.0. The maximum absolute atomic E-state index is 12.7. The van der Waals surface area contributed by atoms with E-state index in [-0.39, 0.29) is 53.8 Å². The number of unbranched alkanes of at least 4 members (excludes halogenated alkanes) is 7. The van der Waals surface area contributed by atoms with Gasteiger partial charge in [-0.1, -0.05) is 76.8 Å². The Hall–Kier alpha value is -2.74. The molecule has 1 fully saturated rings. The molecule has 0 saturated carbocycles. The number of thioether (sulfide) groups is 1. The minimum absolute atomic E-state index is 0.0121. The van der Waals surface area contributed by atoms with E-state index in [1.165, 1.54) is 39.5 Å². The van der Waals surface area contributed by atoms with Gasteiger partial charge in [0.25, 0.3) is 0 Å². The van der Waals surface area contributed by atoms with E-state index < -0.39 is 90.7 Å². The molecular formula is C37H64N7O18P3S. The molecular weight excluding hydrogens is 955 g/mol. The third-order valence-electron chi connectivity index (χ3n) is 9.97. The number of anilines is 1. The summed E-state index contributed by atoms with van der Waals surface area (Å²) < 4.78 is 62.4. The highest BCUT2D eigenvalue weighted by Crippen LogP contribution is 2.61. The predicted molar refractivity (Wildman–Crippen MR) is 239 cm³/mol. The average molecular weight is 1020 g/mol. The first kappa shape index (κ1) is 57.6. The molecule has 0 spiro atoms. The summed E-state index contributed by atoms with van der Waals surface area (Å²) in [5.41, 5.74) is 4.25. The van der Waals surface area contributed by atoms with E-state index in [2.05, 4.69) is 53.5 Å². The summed E-state index contributed by atoms with van der Waals surface area (Å²) >= 11 is 0.989. The second-order valence-corrected chi connectivity index (χ2v) is 21.5. The minimum atomic E-state index is -5.59. The van der Waals surface area contributed by atoms with Gasteiger partial charge in [0.2, 0.25) is 11.8 Å². The van der Waals surface area contributed by atoms with Gasteiger partial charge in [0.05, 0.1) is 25.6 Å². The first-order valence-electron chi connectivity index (χ1n) is 21.3. The number of fused-ring (bicyclic) bond motifs is 1. The SMILES string of the molecule is CCCCCC/C=C\CCCCC[C@H](O)CC(=O)SCCNC(=O)CCNC(=O)C(O)C(C)(C)COP(=O)(O)OP(=O)(O)OC[C@H]1O[C@@H](n2cnc3c(N)ncnc32)[C@@H](O)[C@H]1OP(=O)(O)O. The highest BCUT2D eigenvalue weighted by atomic mass is 32.2. The van der Waals surface area contributed by atoms with Gasteiger partial charge in [-0.05, 0) is 32.1 Å². The maximum atomic E-state index is 12.7. The van der Waals surface area contributed by atoms with E-state index in [1.54, 1.807) is 0 Å². The minimum Gasteiger partial charge on any atom is -0.393 e. The Morgan fingerprint density at radius 3 is 2.29 bits per heavy atom. The van der Waals surface area contributed by atoms with Crippen LogP contribution in [-0.4, -0.2) is 134 Å². The summed E-state index contributed by atoms with van der Waals surface area (Å²) in [6.45, 7) is 2.58. The van der Waals surface area contributed by atoms with Gasteiger partial charge in [0, 0.05) is 37.1 Å². The van der Waals surface area contributed by atoms with Crippen molar-refractivity contribution in [2.45, 2.75) is 135 Å². The van der Waals surface area contributed by atoms with Gasteiger partial charge in [-0.15, -0.1) is 0 Å². The van der Waals surface area contributed by atoms with Crippen LogP contribution in [0, 0.1) is 5.41 Å². The van der Waals surface area contributed by atoms with Gasteiger partial charge >= 0.3 is 23.5 Å². The van der Waals surface area contributed by atoms with Crippen LogP contribution in [0.4, 0.5) is 5.82 Å². The number of nitrogens with one attached hydrogen (secondary N) is 2. The van der Waals surface area contributed by atoms with Crippen LogP contribution in [0.1, 0.15) is 104 Å². The number of aromatic nitrogens is 4. The summed E-state index contributed by atoms with van der Waals surface area (Å²) in [6, 6.07) is 0. The number of ether oxygens (including phenoxy) is 1. The summed E-state index contributed by atoms with van der Waals surface area (Å²) in [5, 5.41) is 36.5. The number of nitrogens with two attached hydrogens (primary N) is 1. The van der Waals surface area contributed by atoms with Crippen molar-refractivity contribution in [1.82, 2.24) is 30.2 Å². The number of phosphoric ester groups is 3. The molecule has 0 aromatic carbocycles. The van der Waals surface area contributed by atoms with E-state index >= 15 is 0 Å². The van der Waals surface area contributed by atoms with Gasteiger partial charge in [-0.3, -0.25) is 32.5 Å². The first-order valence-corrected chi connectivity index (χ1v) is 26.8. The van der Waals surface area contributed by atoms with Crippen LogP contribution in [0.25, 0.3) is 11.2 Å². The van der Waals surface area contributed by atoms with Crippen molar-refractivity contribution in [3.05, 3.63) is 24.8 Å². The van der Waals surface area contributed by atoms with E-state index in [0.29, 0.717) is 6.42 Å². The number of imidazole rings is 1. The average Bonchev–Trinajstić information content (AvgIpc) is 3.79. The molecule has 2 aromatic heterocycles. The zero-order valence-corrected chi connectivity index (χ0v) is 40.5. The van der Waals surface area contributed by atoms with Crippen LogP contribution >= 0.6 is 35.2 Å². The highest BCUT2D eigenvalue weighted by Gasteiger charge is 2.50. The molecule has 2 amide bonds. The molecule has 0 bridgehead atoms. The Morgan fingerprint density at radius 2 is 1.62 bits per heavy atom. The number of phosphoric acid groups is 3. The fourth-order valence-corrected chi connectivity index (χ4v) is 9.96. The number of amides is 2. The van der Waals surface area contributed by atoms with E-state index in [0.717, 1.165) is 61.1 Å². The Labute approximate surface area is 386 Å². The molecule has 66 heavy (non-hydrogen) atoms. The van der Waals surface area contributed by atoms with Crippen LogP contribution in [0.5, 0.6) is 0 Å². The number of allylic oxidation sites excluding steroid dienone is 2. The molecule has 1 aliphatic heterocycles. The molecule has 0 radical (unpaired) electrons. The number of nitrogens with zero attached hydrogens (tertiary/aromatic N) is 4. The molecule has 25 nitrogen and oxygen atoms in total. The van der Waals surface area contributed by atoms with Crippen LogP contribution in [0.2, 0.25) is 0 Å². The number of aliphatic hydroxyl groups excluding tert-OH is 3. The number of hydrogen-bond acceptors (Lipinski definition) is 19. The molecule has 3 heterocycles. The Bertz CT molecular complexity index is 2040. The number of carbonyl (C=O) groups is 3. The topological polar surface area (TPSA) is 384 Å². The second-order valence-electron chi connectivity index (χ2n) is 16.1. The van der Waals surface area contributed by atoms with E-state index in [9.17, 15) is 63.0 Å². The highest BCUT2D eigenvalue weighted by molar-refractivity contribution is 8.13. The number of carbonyl (C=O) groups excluding carboxylic acids is 3. The summed E-state index contributed by atoms with van der Waals surface area (Å²) in [6.07, 6.45) is 7.18. The lowest BCUT2D eigenvalue weighted by molar-refractivity contribution is -0.137. The Balaban J connectivity index is 1.34. The van der Waals surface area contributed by atoms with Crippen LogP contribution in [0.3, 0.4) is 0 Å². The third-order valence-corrected chi connectivity index (χ3v) is 14.0. The van der Waals surface area contributed by atoms with Crippen molar-refractivity contribution in [3.8, 4) is 0 Å². The number of hydrogen-bond donors (Lipinski definition) is 10. The van der Waals surface area contributed by atoms with E-state index in [4.69, 9.17) is 19.5 Å². The molecule has 376 valence electrons. The van der Waals surface area contributed by atoms with Crippen molar-refractivity contribution in [2.75, 3.05) is 37.8 Å². The molecule has 1 aliphatic rings. The molecule has 8 atom stereocenters. The molecule has 29 heteroatoms. The molecule has 3 unspecified atom stereocenters. The maximum Gasteiger partial charge on any atom is 0.481 e. The van der Waals surface area contributed by atoms with Crippen molar-refractivity contribution in [3.63, 3.8) is 0 Å². The smallest absolute Gasteiger partial charge is 0.393 e. The Morgan fingerprint density at radius 1 is 0.955 bits per heavy atom. The monoisotopic (exact) mass is 1020 g/mol. The lowest BCUT2D eigenvalue weighted by Gasteiger charge is -2.30. The van der Waals surface area contributed by atoms with Gasteiger partial charge in [-0.2, -0.15) is 4.31 Å². The van der Waals surface area contributed by atoms with Gasteiger partial charge < -0.3 is 56.0 Å². The Kier molecular flexibility index (Phi) is 23.9. The fourth-order valence-electron chi connectivity index (χ4n) is 6.39. The summed E-state index contributed by atoms with van der Waals surface area (Å²) in [7, 11) is -16.4. The van der Waals surface area contributed by atoms with Crippen molar-refractivity contribution >= 4 is 69.1 Å². The number of nitrogen functional groups attached to an aromatic ring is 1. The molecule has 1 saturated heterocycles. The van der Waals surface area contributed by atoms with Gasteiger partial charge in [0.1, 0.15) is 36.3 Å². The second kappa shape index (κ2) is 27.4. The van der Waals surface area contributed by atoms with Crippen molar-refractivity contribution < 1.29 is 85.6 Å². The zero-order chi connectivity index (χ0) is 49.1. The quantitative estimate of drug-likeness (QED) is 0.0286. The third kappa shape index (κ3) is 20.5. The van der Waals surface area contributed by atoms with Crippen LogP contribution < -0.4 is 16.4 Å². The van der Waals surface area contributed by atoms with E-state index in [1.807, 2.05) is 0 Å². The molecule has 2 aromatic rings. The van der Waals surface area contributed by atoms with Crippen LogP contribution in [0.15, 0.2) is 24.8 Å². The summed E-state index contributed by atoms with van der Waals surface area (Å²) in [4.78, 5) is 88.3. The molecule has 0 aliphatic carbocycles. The van der Waals surface area contributed by atoms with Crippen LogP contribution in [-0.2, 0) is 50.7 Å².